The standard InChI is InChI=1S/C24H33N5O2.HI/c1-3-25-24(26-11-8-19-4-6-21-22(14-19)31-17-30-21)28-16-20-5-7-23(27-15-20)29-12-9-18(2)10-13-29;/h4-7,14-15,18H,3,8-13,16-17H2,1-2H3,(H2,25,26,28);1H. The van der Waals surface area contributed by atoms with Crippen LogP contribution in [0.5, 0.6) is 11.5 Å². The molecule has 8 heteroatoms. The summed E-state index contributed by atoms with van der Waals surface area (Å²) in [5.74, 6) is 4.37. The summed E-state index contributed by atoms with van der Waals surface area (Å²) in [5, 5.41) is 6.73. The van der Waals surface area contributed by atoms with E-state index in [1.165, 1.54) is 18.4 Å². The average molecular weight is 551 g/mol. The van der Waals surface area contributed by atoms with E-state index in [1.54, 1.807) is 0 Å². The highest BCUT2D eigenvalue weighted by Crippen LogP contribution is 2.32. The van der Waals surface area contributed by atoms with Crippen LogP contribution in [0, 0.1) is 5.92 Å². The van der Waals surface area contributed by atoms with Crippen LogP contribution in [0.4, 0.5) is 5.82 Å². The third-order valence-corrected chi connectivity index (χ3v) is 5.82. The molecule has 0 aliphatic carbocycles. The second kappa shape index (κ2) is 12.1. The van der Waals surface area contributed by atoms with Crippen LogP contribution in [0.15, 0.2) is 41.5 Å². The summed E-state index contributed by atoms with van der Waals surface area (Å²) in [6, 6.07) is 10.4. The zero-order chi connectivity index (χ0) is 21.5. The van der Waals surface area contributed by atoms with Crippen molar-refractivity contribution in [1.29, 1.82) is 0 Å². The van der Waals surface area contributed by atoms with Crippen LogP contribution in [0.1, 0.15) is 37.8 Å². The zero-order valence-corrected chi connectivity index (χ0v) is 21.3. The van der Waals surface area contributed by atoms with E-state index in [0.717, 1.165) is 67.4 Å². The number of pyridine rings is 1. The van der Waals surface area contributed by atoms with Gasteiger partial charge in [-0.15, -0.1) is 24.0 Å². The Kier molecular flexibility index (Phi) is 9.25. The van der Waals surface area contributed by atoms with Crippen LogP contribution in [-0.4, -0.2) is 43.9 Å². The van der Waals surface area contributed by atoms with Crippen molar-refractivity contribution in [3.8, 4) is 11.5 Å². The van der Waals surface area contributed by atoms with Crippen molar-refractivity contribution in [1.82, 2.24) is 15.6 Å². The van der Waals surface area contributed by atoms with Crippen molar-refractivity contribution in [2.75, 3.05) is 37.9 Å². The second-order valence-corrected chi connectivity index (χ2v) is 8.25. The van der Waals surface area contributed by atoms with Crippen LogP contribution in [0.25, 0.3) is 0 Å². The Morgan fingerprint density at radius 3 is 2.62 bits per heavy atom. The van der Waals surface area contributed by atoms with Gasteiger partial charge >= 0.3 is 0 Å². The van der Waals surface area contributed by atoms with Crippen LogP contribution in [-0.2, 0) is 13.0 Å². The molecular formula is C24H34IN5O2. The van der Waals surface area contributed by atoms with Crippen LogP contribution in [0.2, 0.25) is 0 Å². The van der Waals surface area contributed by atoms with E-state index >= 15 is 0 Å². The number of anilines is 1. The van der Waals surface area contributed by atoms with E-state index in [2.05, 4.69) is 52.6 Å². The van der Waals surface area contributed by atoms with E-state index in [-0.39, 0.29) is 24.0 Å². The number of hydrogen-bond acceptors (Lipinski definition) is 5. The van der Waals surface area contributed by atoms with E-state index < -0.39 is 0 Å². The lowest BCUT2D eigenvalue weighted by atomic mass is 9.99. The number of ether oxygens (including phenoxy) is 2. The molecule has 0 amide bonds. The normalized spacial score (nSPS) is 15.9. The molecule has 0 unspecified atom stereocenters. The predicted molar refractivity (Wildman–Crippen MR) is 139 cm³/mol. The Morgan fingerprint density at radius 2 is 1.88 bits per heavy atom. The maximum Gasteiger partial charge on any atom is 0.231 e. The van der Waals surface area contributed by atoms with Crippen molar-refractivity contribution in [3.63, 3.8) is 0 Å². The Labute approximate surface area is 208 Å². The molecule has 1 fully saturated rings. The number of aliphatic imine (C=N–C) groups is 1. The molecule has 4 rings (SSSR count). The molecule has 2 N–H and O–H groups in total. The van der Waals surface area contributed by atoms with Crippen molar-refractivity contribution in [3.05, 3.63) is 47.7 Å². The molecule has 0 atom stereocenters. The first-order valence-electron chi connectivity index (χ1n) is 11.3. The van der Waals surface area contributed by atoms with Crippen molar-refractivity contribution in [2.24, 2.45) is 10.9 Å². The van der Waals surface area contributed by atoms with Gasteiger partial charge in [0.2, 0.25) is 6.79 Å². The maximum absolute atomic E-state index is 5.46. The highest BCUT2D eigenvalue weighted by Gasteiger charge is 2.16. The second-order valence-electron chi connectivity index (χ2n) is 8.25. The monoisotopic (exact) mass is 551 g/mol. The Hall–Kier alpha value is -2.23. The Balaban J connectivity index is 0.00000289. The first kappa shape index (κ1) is 24.4. The topological polar surface area (TPSA) is 71.0 Å². The van der Waals surface area contributed by atoms with Gasteiger partial charge < -0.3 is 25.0 Å². The minimum Gasteiger partial charge on any atom is -0.454 e. The van der Waals surface area contributed by atoms with Gasteiger partial charge in [0, 0.05) is 32.4 Å². The molecular weight excluding hydrogens is 517 g/mol. The quantitative estimate of drug-likeness (QED) is 0.309. The number of nitrogens with one attached hydrogen (secondary N) is 2. The number of fused-ring (bicyclic) bond motifs is 1. The number of nitrogens with zero attached hydrogens (tertiary/aromatic N) is 3. The van der Waals surface area contributed by atoms with E-state index in [1.807, 2.05) is 18.3 Å². The molecule has 3 heterocycles. The number of piperidine rings is 1. The molecule has 7 nitrogen and oxygen atoms in total. The molecule has 2 aliphatic heterocycles. The number of rotatable bonds is 7. The molecule has 1 aromatic carbocycles. The van der Waals surface area contributed by atoms with Gasteiger partial charge in [-0.3, -0.25) is 0 Å². The molecule has 0 saturated carbocycles. The fraction of sp³-hybridized carbons (Fsp3) is 0.500. The fourth-order valence-electron chi connectivity index (χ4n) is 3.87. The van der Waals surface area contributed by atoms with Crippen molar-refractivity contribution < 1.29 is 9.47 Å². The maximum atomic E-state index is 5.46. The lowest BCUT2D eigenvalue weighted by molar-refractivity contribution is 0.174. The zero-order valence-electron chi connectivity index (χ0n) is 19.0. The van der Waals surface area contributed by atoms with Crippen LogP contribution >= 0.6 is 24.0 Å². The van der Waals surface area contributed by atoms with Crippen LogP contribution in [0.3, 0.4) is 0 Å². The number of halogens is 1. The van der Waals surface area contributed by atoms with Gasteiger partial charge in [0.25, 0.3) is 0 Å². The first-order valence-corrected chi connectivity index (χ1v) is 11.3. The average Bonchev–Trinajstić information content (AvgIpc) is 3.26. The lowest BCUT2D eigenvalue weighted by Crippen LogP contribution is -2.38. The summed E-state index contributed by atoms with van der Waals surface area (Å²) in [5.41, 5.74) is 2.32. The number of hydrogen-bond donors (Lipinski definition) is 2. The van der Waals surface area contributed by atoms with E-state index in [9.17, 15) is 0 Å². The van der Waals surface area contributed by atoms with Gasteiger partial charge in [0.15, 0.2) is 17.5 Å². The molecule has 0 radical (unpaired) electrons. The largest absolute Gasteiger partial charge is 0.454 e. The van der Waals surface area contributed by atoms with Crippen molar-refractivity contribution >= 4 is 35.8 Å². The molecule has 1 aromatic heterocycles. The van der Waals surface area contributed by atoms with E-state index in [0.29, 0.717) is 13.3 Å². The van der Waals surface area contributed by atoms with Gasteiger partial charge in [0.1, 0.15) is 5.82 Å². The van der Waals surface area contributed by atoms with E-state index in [4.69, 9.17) is 14.5 Å². The predicted octanol–water partition coefficient (Wildman–Crippen LogP) is 3.96. The lowest BCUT2D eigenvalue weighted by Gasteiger charge is -2.31. The van der Waals surface area contributed by atoms with Gasteiger partial charge in [-0.1, -0.05) is 19.1 Å². The molecule has 2 aliphatic rings. The summed E-state index contributed by atoms with van der Waals surface area (Å²) < 4.78 is 10.8. The fourth-order valence-corrected chi connectivity index (χ4v) is 3.87. The Morgan fingerprint density at radius 1 is 1.09 bits per heavy atom. The molecule has 1 saturated heterocycles. The van der Waals surface area contributed by atoms with Gasteiger partial charge in [-0.2, -0.15) is 0 Å². The number of guanidine groups is 1. The summed E-state index contributed by atoms with van der Waals surface area (Å²) in [7, 11) is 0. The highest BCUT2D eigenvalue weighted by atomic mass is 127. The summed E-state index contributed by atoms with van der Waals surface area (Å²) in [4.78, 5) is 11.8. The smallest absolute Gasteiger partial charge is 0.231 e. The van der Waals surface area contributed by atoms with Crippen molar-refractivity contribution in [2.45, 2.75) is 39.7 Å². The minimum absolute atomic E-state index is 0. The first-order chi connectivity index (χ1) is 15.2. The highest BCUT2D eigenvalue weighted by molar-refractivity contribution is 14.0. The van der Waals surface area contributed by atoms with Gasteiger partial charge in [0.05, 0.1) is 6.54 Å². The molecule has 0 spiro atoms. The molecule has 0 bridgehead atoms. The minimum atomic E-state index is 0. The van der Waals surface area contributed by atoms with Crippen LogP contribution < -0.4 is 25.0 Å². The summed E-state index contributed by atoms with van der Waals surface area (Å²) in [6.45, 7) is 9.12. The summed E-state index contributed by atoms with van der Waals surface area (Å²) >= 11 is 0. The number of benzene rings is 1. The number of aromatic nitrogens is 1. The summed E-state index contributed by atoms with van der Waals surface area (Å²) in [6.07, 6.45) is 5.33. The molecule has 2 aromatic rings. The van der Waals surface area contributed by atoms with Gasteiger partial charge in [-0.25, -0.2) is 9.98 Å². The third-order valence-electron chi connectivity index (χ3n) is 5.82. The molecule has 32 heavy (non-hydrogen) atoms. The third kappa shape index (κ3) is 6.63. The van der Waals surface area contributed by atoms with Gasteiger partial charge in [-0.05, 0) is 61.4 Å². The SMILES string of the molecule is CCNC(=NCc1ccc(N2CCC(C)CC2)nc1)NCCc1ccc2c(c1)OCO2.I. The molecule has 174 valence electrons. The Bertz CT molecular complexity index is 882.